The maximum atomic E-state index is 12.7. The summed E-state index contributed by atoms with van der Waals surface area (Å²) in [6, 6.07) is 17.5. The van der Waals surface area contributed by atoms with Crippen LogP contribution < -0.4 is 9.62 Å². The highest BCUT2D eigenvalue weighted by molar-refractivity contribution is 7.89. The van der Waals surface area contributed by atoms with Crippen molar-refractivity contribution in [2.45, 2.75) is 43.5 Å². The predicted molar refractivity (Wildman–Crippen MR) is 105 cm³/mol. The van der Waals surface area contributed by atoms with Crippen molar-refractivity contribution >= 4 is 10.0 Å². The molecule has 140 valence electrons. The Balaban J connectivity index is 1.78. The fourth-order valence-electron chi connectivity index (χ4n) is 3.71. The normalized spacial score (nSPS) is 17.6. The minimum Gasteiger partial charge on any atom is -0.328 e. The predicted octanol–water partition coefficient (Wildman–Crippen LogP) is 2.47. The van der Waals surface area contributed by atoms with Crippen LogP contribution in [0.15, 0.2) is 59.5 Å². The van der Waals surface area contributed by atoms with E-state index < -0.39 is 10.0 Å². The lowest BCUT2D eigenvalue weighted by Crippen LogP contribution is -3.12. The Morgan fingerprint density at radius 2 is 1.54 bits per heavy atom. The van der Waals surface area contributed by atoms with Crippen LogP contribution in [0.1, 0.15) is 42.9 Å². The Bertz CT molecular complexity index is 781. The van der Waals surface area contributed by atoms with Crippen LogP contribution in [0.5, 0.6) is 0 Å². The number of sulfonamides is 1. The number of hydrogen-bond donors (Lipinski definition) is 2. The quantitative estimate of drug-likeness (QED) is 0.817. The zero-order valence-electron chi connectivity index (χ0n) is 15.4. The lowest BCUT2D eigenvalue weighted by Gasteiger charge is -2.28. The average molecular weight is 374 g/mol. The number of nitrogens with one attached hydrogen (secondary N) is 2. The van der Waals surface area contributed by atoms with E-state index in [4.69, 9.17) is 0 Å². The van der Waals surface area contributed by atoms with Gasteiger partial charge < -0.3 is 4.90 Å². The van der Waals surface area contributed by atoms with Crippen LogP contribution in [0.3, 0.4) is 0 Å². The number of aryl methyl sites for hydroxylation is 1. The van der Waals surface area contributed by atoms with Crippen molar-refractivity contribution in [1.82, 2.24) is 4.72 Å². The summed E-state index contributed by atoms with van der Waals surface area (Å²) in [6.07, 6.45) is 4.98. The molecule has 1 fully saturated rings. The molecule has 0 spiro atoms. The molecule has 0 amide bonds. The molecule has 1 aliphatic heterocycles. The number of benzene rings is 2. The lowest BCUT2D eigenvalue weighted by molar-refractivity contribution is -0.929. The molecule has 1 saturated heterocycles. The Kier molecular flexibility index (Phi) is 6.46. The van der Waals surface area contributed by atoms with Gasteiger partial charge in [0.15, 0.2) is 0 Å². The van der Waals surface area contributed by atoms with Gasteiger partial charge in [0.25, 0.3) is 0 Å². The van der Waals surface area contributed by atoms with Crippen LogP contribution in [0.4, 0.5) is 0 Å². The fourth-order valence-corrected chi connectivity index (χ4v) is 4.76. The molecule has 0 bridgehead atoms. The second-order valence-electron chi connectivity index (χ2n) is 7.20. The Morgan fingerprint density at radius 3 is 2.15 bits per heavy atom. The fraction of sp³-hybridized carbons (Fsp3) is 0.429. The summed E-state index contributed by atoms with van der Waals surface area (Å²) in [6.45, 7) is 4.59. The van der Waals surface area contributed by atoms with Gasteiger partial charge >= 0.3 is 0 Å². The molecule has 2 aromatic carbocycles. The smallest absolute Gasteiger partial charge is 0.240 e. The van der Waals surface area contributed by atoms with Crippen molar-refractivity contribution in [1.29, 1.82) is 0 Å². The molecule has 2 aromatic rings. The van der Waals surface area contributed by atoms with Crippen LogP contribution in [-0.2, 0) is 10.0 Å². The summed E-state index contributed by atoms with van der Waals surface area (Å²) in [5, 5.41) is 0. The van der Waals surface area contributed by atoms with E-state index in [1.807, 2.05) is 37.3 Å². The minimum atomic E-state index is -3.49. The molecule has 3 rings (SSSR count). The zero-order valence-corrected chi connectivity index (χ0v) is 16.3. The number of quaternary nitrogens is 1. The Labute approximate surface area is 157 Å². The standard InChI is InChI=1S/C21H28N2O2S/c1-18-11-13-20(14-12-18)26(24,25)22-17-21(19-9-5-4-6-10-19)23-15-7-2-3-8-16-23/h4-6,9-14,21-22H,2-3,7-8,15-17H2,1H3/p+1/t21-/m0/s1. The molecular weight excluding hydrogens is 344 g/mol. The summed E-state index contributed by atoms with van der Waals surface area (Å²) in [5.74, 6) is 0. The first kappa shape index (κ1) is 19.1. The highest BCUT2D eigenvalue weighted by Crippen LogP contribution is 2.14. The van der Waals surface area contributed by atoms with Crippen LogP contribution in [0, 0.1) is 6.92 Å². The third kappa shape index (κ3) is 4.93. The number of likely N-dealkylation sites (tertiary alicyclic amines) is 1. The van der Waals surface area contributed by atoms with Crippen molar-refractivity contribution < 1.29 is 13.3 Å². The van der Waals surface area contributed by atoms with Crippen molar-refractivity contribution in [3.05, 3.63) is 65.7 Å². The summed E-state index contributed by atoms with van der Waals surface area (Å²) in [7, 11) is -3.49. The van der Waals surface area contributed by atoms with Crippen LogP contribution in [0.25, 0.3) is 0 Å². The van der Waals surface area contributed by atoms with E-state index in [1.165, 1.54) is 36.1 Å². The molecule has 26 heavy (non-hydrogen) atoms. The van der Waals surface area contributed by atoms with Gasteiger partial charge in [-0.2, -0.15) is 0 Å². The second kappa shape index (κ2) is 8.80. The highest BCUT2D eigenvalue weighted by Gasteiger charge is 2.27. The third-order valence-corrected chi connectivity index (χ3v) is 6.69. The Hall–Kier alpha value is -1.69. The first-order valence-electron chi connectivity index (χ1n) is 9.52. The van der Waals surface area contributed by atoms with E-state index in [0.29, 0.717) is 11.4 Å². The molecule has 0 aliphatic carbocycles. The van der Waals surface area contributed by atoms with Gasteiger partial charge in [-0.1, -0.05) is 48.0 Å². The molecule has 5 heteroatoms. The van der Waals surface area contributed by atoms with Crippen LogP contribution in [-0.4, -0.2) is 28.1 Å². The number of rotatable bonds is 6. The second-order valence-corrected chi connectivity index (χ2v) is 8.97. The van der Waals surface area contributed by atoms with Gasteiger partial charge in [-0.25, -0.2) is 13.1 Å². The lowest BCUT2D eigenvalue weighted by atomic mass is 10.1. The molecule has 4 nitrogen and oxygen atoms in total. The van der Waals surface area contributed by atoms with Gasteiger partial charge in [0, 0.05) is 5.56 Å². The van der Waals surface area contributed by atoms with E-state index in [-0.39, 0.29) is 6.04 Å². The molecule has 0 saturated carbocycles. The van der Waals surface area contributed by atoms with Crippen LogP contribution >= 0.6 is 0 Å². The largest absolute Gasteiger partial charge is 0.328 e. The summed E-state index contributed by atoms with van der Waals surface area (Å²) in [5.41, 5.74) is 2.26. The van der Waals surface area contributed by atoms with E-state index in [0.717, 1.165) is 18.7 Å². The summed E-state index contributed by atoms with van der Waals surface area (Å²) in [4.78, 5) is 1.82. The zero-order chi connectivity index (χ0) is 18.4. The van der Waals surface area contributed by atoms with Crippen molar-refractivity contribution in [3.8, 4) is 0 Å². The van der Waals surface area contributed by atoms with Gasteiger partial charge in [-0.3, -0.25) is 0 Å². The molecule has 1 atom stereocenters. The first-order chi connectivity index (χ1) is 12.6. The van der Waals surface area contributed by atoms with Gasteiger partial charge in [-0.05, 0) is 44.7 Å². The monoisotopic (exact) mass is 373 g/mol. The molecular formula is C21H29N2O2S+. The molecule has 1 aliphatic rings. The van der Waals surface area contributed by atoms with E-state index in [2.05, 4.69) is 16.9 Å². The van der Waals surface area contributed by atoms with Gasteiger partial charge in [0.2, 0.25) is 10.0 Å². The van der Waals surface area contributed by atoms with Crippen molar-refractivity contribution in [3.63, 3.8) is 0 Å². The van der Waals surface area contributed by atoms with Crippen LogP contribution in [0.2, 0.25) is 0 Å². The molecule has 0 aromatic heterocycles. The summed E-state index contributed by atoms with van der Waals surface area (Å²) >= 11 is 0. The van der Waals surface area contributed by atoms with Gasteiger partial charge in [0.1, 0.15) is 6.04 Å². The summed E-state index contributed by atoms with van der Waals surface area (Å²) < 4.78 is 28.3. The first-order valence-corrected chi connectivity index (χ1v) is 11.0. The SMILES string of the molecule is Cc1ccc(S(=O)(=O)NC[C@@H](c2ccccc2)[NH+]2CCCCCC2)cc1. The minimum absolute atomic E-state index is 0.148. The van der Waals surface area contributed by atoms with Gasteiger partial charge in [-0.15, -0.1) is 0 Å². The molecule has 2 N–H and O–H groups in total. The molecule has 1 heterocycles. The number of hydrogen-bond acceptors (Lipinski definition) is 2. The van der Waals surface area contributed by atoms with E-state index >= 15 is 0 Å². The molecule has 0 unspecified atom stereocenters. The maximum absolute atomic E-state index is 12.7. The molecule has 0 radical (unpaired) electrons. The average Bonchev–Trinajstić information content (AvgIpc) is 2.92. The third-order valence-electron chi connectivity index (χ3n) is 5.25. The van der Waals surface area contributed by atoms with Crippen molar-refractivity contribution in [2.75, 3.05) is 19.6 Å². The van der Waals surface area contributed by atoms with Gasteiger partial charge in [0.05, 0.1) is 24.5 Å². The maximum Gasteiger partial charge on any atom is 0.240 e. The van der Waals surface area contributed by atoms with E-state index in [1.54, 1.807) is 12.1 Å². The van der Waals surface area contributed by atoms with E-state index in [9.17, 15) is 8.42 Å². The topological polar surface area (TPSA) is 50.6 Å². The highest BCUT2D eigenvalue weighted by atomic mass is 32.2. The van der Waals surface area contributed by atoms with Crippen molar-refractivity contribution in [2.24, 2.45) is 0 Å². The Morgan fingerprint density at radius 1 is 0.923 bits per heavy atom.